The van der Waals surface area contributed by atoms with E-state index in [4.69, 9.17) is 4.74 Å². The molecule has 3 aromatic carbocycles. The van der Waals surface area contributed by atoms with Crippen molar-refractivity contribution in [2.24, 2.45) is 5.10 Å². The van der Waals surface area contributed by atoms with E-state index in [-0.39, 0.29) is 10.6 Å². The second kappa shape index (κ2) is 10.6. The monoisotopic (exact) mass is 451 g/mol. The van der Waals surface area contributed by atoms with Crippen LogP contribution in [0.25, 0.3) is 0 Å². The number of carbonyl (C=O) groups is 1. The molecule has 0 saturated heterocycles. The molecule has 0 radical (unpaired) electrons. The fourth-order valence-electron chi connectivity index (χ4n) is 2.96. The number of amides is 1. The molecule has 0 aliphatic heterocycles. The van der Waals surface area contributed by atoms with E-state index in [1.807, 2.05) is 31.2 Å². The van der Waals surface area contributed by atoms with E-state index in [1.165, 1.54) is 18.3 Å². The summed E-state index contributed by atoms with van der Waals surface area (Å²) in [7, 11) is -4.03. The second-order valence-corrected chi connectivity index (χ2v) is 8.79. The maximum atomic E-state index is 13.4. The molecule has 3 rings (SSSR count). The lowest BCUT2D eigenvalue weighted by atomic mass is 10.2. The SMILES string of the molecule is CCOc1ccccc1N(CC(=O)N/N=C\c1ccc(C)cc1)S(=O)(=O)c1ccccc1. The second-order valence-electron chi connectivity index (χ2n) is 6.93. The van der Waals surface area contributed by atoms with Crippen LogP contribution in [0.5, 0.6) is 5.75 Å². The van der Waals surface area contributed by atoms with E-state index in [9.17, 15) is 13.2 Å². The van der Waals surface area contributed by atoms with Crippen LogP contribution in [-0.2, 0) is 14.8 Å². The third-order valence-corrected chi connectivity index (χ3v) is 6.31. The van der Waals surface area contributed by atoms with E-state index < -0.39 is 22.5 Å². The molecular formula is C24H25N3O4S. The molecule has 3 aromatic rings. The van der Waals surface area contributed by atoms with Gasteiger partial charge in [0.25, 0.3) is 15.9 Å². The Labute approximate surface area is 188 Å². The Morgan fingerprint density at radius 2 is 1.66 bits per heavy atom. The first kappa shape index (κ1) is 23.0. The molecule has 0 unspecified atom stereocenters. The fraction of sp³-hybridized carbons (Fsp3) is 0.167. The van der Waals surface area contributed by atoms with Crippen molar-refractivity contribution in [2.45, 2.75) is 18.7 Å². The molecular weight excluding hydrogens is 426 g/mol. The van der Waals surface area contributed by atoms with Gasteiger partial charge in [0.05, 0.1) is 23.4 Å². The Balaban J connectivity index is 1.88. The number of anilines is 1. The third-order valence-electron chi connectivity index (χ3n) is 4.53. The summed E-state index contributed by atoms with van der Waals surface area (Å²) >= 11 is 0. The number of carbonyl (C=O) groups excluding carboxylic acids is 1. The molecule has 166 valence electrons. The van der Waals surface area contributed by atoms with Gasteiger partial charge in [-0.05, 0) is 43.7 Å². The van der Waals surface area contributed by atoms with Gasteiger partial charge in [-0.15, -0.1) is 0 Å². The normalized spacial score (nSPS) is 11.3. The molecule has 0 heterocycles. The van der Waals surface area contributed by atoms with Crippen LogP contribution in [0.15, 0.2) is 88.9 Å². The number of hydrogen-bond acceptors (Lipinski definition) is 5. The summed E-state index contributed by atoms with van der Waals surface area (Å²) in [5.41, 5.74) is 4.60. The molecule has 0 fully saturated rings. The zero-order valence-corrected chi connectivity index (χ0v) is 18.7. The third kappa shape index (κ3) is 5.73. The predicted molar refractivity (Wildman–Crippen MR) is 126 cm³/mol. The Morgan fingerprint density at radius 1 is 1.00 bits per heavy atom. The zero-order valence-electron chi connectivity index (χ0n) is 17.9. The highest BCUT2D eigenvalue weighted by Crippen LogP contribution is 2.32. The van der Waals surface area contributed by atoms with Crippen LogP contribution in [0, 0.1) is 6.92 Å². The van der Waals surface area contributed by atoms with Crippen molar-refractivity contribution >= 4 is 27.8 Å². The van der Waals surface area contributed by atoms with Crippen molar-refractivity contribution in [3.05, 3.63) is 90.0 Å². The van der Waals surface area contributed by atoms with E-state index >= 15 is 0 Å². The van der Waals surface area contributed by atoms with E-state index in [2.05, 4.69) is 10.5 Å². The van der Waals surface area contributed by atoms with Crippen LogP contribution in [0.2, 0.25) is 0 Å². The number of hydrogen-bond donors (Lipinski definition) is 1. The smallest absolute Gasteiger partial charge is 0.264 e. The minimum absolute atomic E-state index is 0.0715. The minimum Gasteiger partial charge on any atom is -0.492 e. The van der Waals surface area contributed by atoms with Crippen molar-refractivity contribution < 1.29 is 17.9 Å². The maximum absolute atomic E-state index is 13.4. The van der Waals surface area contributed by atoms with Crippen LogP contribution in [0.3, 0.4) is 0 Å². The van der Waals surface area contributed by atoms with Gasteiger partial charge in [0, 0.05) is 0 Å². The lowest BCUT2D eigenvalue weighted by Crippen LogP contribution is -2.39. The number of nitrogens with zero attached hydrogens (tertiary/aromatic N) is 2. The van der Waals surface area contributed by atoms with Crippen molar-refractivity contribution in [2.75, 3.05) is 17.5 Å². The van der Waals surface area contributed by atoms with Gasteiger partial charge in [-0.25, -0.2) is 13.8 Å². The Morgan fingerprint density at radius 3 is 2.34 bits per heavy atom. The molecule has 7 nitrogen and oxygen atoms in total. The number of hydrazone groups is 1. The van der Waals surface area contributed by atoms with Crippen molar-refractivity contribution in [1.82, 2.24) is 5.43 Å². The Hall–Kier alpha value is -3.65. The quantitative estimate of drug-likeness (QED) is 0.397. The standard InChI is InChI=1S/C24H25N3O4S/c1-3-31-23-12-8-7-11-22(23)27(32(29,30)21-9-5-4-6-10-21)18-24(28)26-25-17-20-15-13-19(2)14-16-20/h4-17H,3,18H2,1-2H3,(H,26,28)/b25-17-. The first-order chi connectivity index (χ1) is 15.4. The molecule has 0 bridgehead atoms. The van der Waals surface area contributed by atoms with Gasteiger partial charge in [0.1, 0.15) is 12.3 Å². The van der Waals surface area contributed by atoms with Crippen molar-refractivity contribution in [3.63, 3.8) is 0 Å². The largest absolute Gasteiger partial charge is 0.492 e. The van der Waals surface area contributed by atoms with Crippen molar-refractivity contribution in [3.8, 4) is 5.75 Å². The lowest BCUT2D eigenvalue weighted by Gasteiger charge is -2.25. The first-order valence-corrected chi connectivity index (χ1v) is 11.5. The zero-order chi connectivity index (χ0) is 23.0. The molecule has 0 aliphatic carbocycles. The molecule has 32 heavy (non-hydrogen) atoms. The summed E-state index contributed by atoms with van der Waals surface area (Å²) in [5, 5.41) is 3.95. The summed E-state index contributed by atoms with van der Waals surface area (Å²) in [6.07, 6.45) is 1.50. The summed E-state index contributed by atoms with van der Waals surface area (Å²) in [6, 6.07) is 22.3. The van der Waals surface area contributed by atoms with Gasteiger partial charge in [-0.1, -0.05) is 60.2 Å². The number of ether oxygens (including phenoxy) is 1. The lowest BCUT2D eigenvalue weighted by molar-refractivity contribution is -0.119. The highest BCUT2D eigenvalue weighted by Gasteiger charge is 2.29. The summed E-state index contributed by atoms with van der Waals surface area (Å²) in [4.78, 5) is 12.7. The van der Waals surface area contributed by atoms with Gasteiger partial charge < -0.3 is 4.74 Å². The van der Waals surface area contributed by atoms with Crippen LogP contribution in [0.1, 0.15) is 18.1 Å². The average molecular weight is 452 g/mol. The number of para-hydroxylation sites is 2. The maximum Gasteiger partial charge on any atom is 0.264 e. The molecule has 0 atom stereocenters. The average Bonchev–Trinajstić information content (AvgIpc) is 2.80. The van der Waals surface area contributed by atoms with Gasteiger partial charge in [-0.3, -0.25) is 9.10 Å². The van der Waals surface area contributed by atoms with Gasteiger partial charge in [0.2, 0.25) is 0 Å². The Kier molecular flexibility index (Phi) is 7.62. The topological polar surface area (TPSA) is 88.1 Å². The summed E-state index contributed by atoms with van der Waals surface area (Å²) < 4.78 is 33.5. The van der Waals surface area contributed by atoms with Gasteiger partial charge >= 0.3 is 0 Å². The molecule has 1 amide bonds. The number of nitrogens with one attached hydrogen (secondary N) is 1. The van der Waals surface area contributed by atoms with Gasteiger partial charge in [0.15, 0.2) is 0 Å². The highest BCUT2D eigenvalue weighted by molar-refractivity contribution is 7.92. The summed E-state index contributed by atoms with van der Waals surface area (Å²) in [5.74, 6) is -0.218. The van der Waals surface area contributed by atoms with E-state index in [0.29, 0.717) is 12.4 Å². The van der Waals surface area contributed by atoms with E-state index in [0.717, 1.165) is 15.4 Å². The molecule has 0 aliphatic rings. The molecule has 8 heteroatoms. The fourth-order valence-corrected chi connectivity index (χ4v) is 4.41. The summed E-state index contributed by atoms with van der Waals surface area (Å²) in [6.45, 7) is 3.67. The number of sulfonamides is 1. The Bertz CT molecular complexity index is 1180. The predicted octanol–water partition coefficient (Wildman–Crippen LogP) is 3.74. The number of aryl methyl sites for hydroxylation is 1. The highest BCUT2D eigenvalue weighted by atomic mass is 32.2. The van der Waals surface area contributed by atoms with Crippen LogP contribution in [-0.4, -0.2) is 33.7 Å². The molecule has 0 spiro atoms. The molecule has 1 N–H and O–H groups in total. The van der Waals surface area contributed by atoms with Gasteiger partial charge in [-0.2, -0.15) is 5.10 Å². The minimum atomic E-state index is -4.03. The number of rotatable bonds is 9. The van der Waals surface area contributed by atoms with Crippen LogP contribution >= 0.6 is 0 Å². The molecule has 0 saturated carbocycles. The van der Waals surface area contributed by atoms with Crippen LogP contribution in [0.4, 0.5) is 5.69 Å². The van der Waals surface area contributed by atoms with Crippen molar-refractivity contribution in [1.29, 1.82) is 0 Å². The number of benzene rings is 3. The molecule has 0 aromatic heterocycles. The van der Waals surface area contributed by atoms with E-state index in [1.54, 1.807) is 49.4 Å². The first-order valence-electron chi connectivity index (χ1n) is 10.1. The van der Waals surface area contributed by atoms with Crippen LogP contribution < -0.4 is 14.5 Å².